The zero-order chi connectivity index (χ0) is 17.8. The van der Waals surface area contributed by atoms with E-state index in [1.54, 1.807) is 36.4 Å². The summed E-state index contributed by atoms with van der Waals surface area (Å²) in [6.07, 6.45) is 3.00. The Morgan fingerprint density at radius 1 is 1.08 bits per heavy atom. The molecule has 0 radical (unpaired) electrons. The number of carbonyl (C=O) groups is 1. The maximum atomic E-state index is 12.0. The average molecular weight is 437 g/mol. The van der Waals surface area contributed by atoms with Crippen LogP contribution in [-0.2, 0) is 4.79 Å². The molecule has 0 saturated carbocycles. The van der Waals surface area contributed by atoms with E-state index in [0.29, 0.717) is 27.3 Å². The average Bonchev–Trinajstić information content (AvgIpc) is 3.04. The number of amides is 1. The van der Waals surface area contributed by atoms with Crippen LogP contribution >= 0.6 is 39.1 Å². The number of furan rings is 1. The Morgan fingerprint density at radius 2 is 1.88 bits per heavy atom. The molecule has 0 unspecified atom stereocenters. The lowest BCUT2D eigenvalue weighted by Gasteiger charge is -2.03. The van der Waals surface area contributed by atoms with Gasteiger partial charge in [-0.3, -0.25) is 4.79 Å². The second-order valence-corrected chi connectivity index (χ2v) is 6.83. The quantitative estimate of drug-likeness (QED) is 0.464. The lowest BCUT2D eigenvalue weighted by atomic mass is 10.2. The van der Waals surface area contributed by atoms with E-state index in [1.165, 1.54) is 6.08 Å². The smallest absolute Gasteiger partial charge is 0.248 e. The molecular weight excluding hydrogens is 425 g/mol. The lowest BCUT2D eigenvalue weighted by molar-refractivity contribution is -0.111. The van der Waals surface area contributed by atoms with Gasteiger partial charge in [0.1, 0.15) is 11.5 Å². The topological polar surface area (TPSA) is 42.2 Å². The number of halogens is 3. The predicted octanol–water partition coefficient (Wildman–Crippen LogP) is 6.67. The lowest BCUT2D eigenvalue weighted by Crippen LogP contribution is -2.07. The van der Waals surface area contributed by atoms with Gasteiger partial charge in [-0.2, -0.15) is 0 Å². The van der Waals surface area contributed by atoms with E-state index in [1.807, 2.05) is 24.3 Å². The molecule has 1 aromatic heterocycles. The van der Waals surface area contributed by atoms with Crippen molar-refractivity contribution in [3.05, 3.63) is 81.0 Å². The highest BCUT2D eigenvalue weighted by molar-refractivity contribution is 9.10. The first-order valence-corrected chi connectivity index (χ1v) is 8.86. The molecule has 1 amide bonds. The van der Waals surface area contributed by atoms with Crippen LogP contribution < -0.4 is 5.32 Å². The minimum atomic E-state index is -0.255. The summed E-state index contributed by atoms with van der Waals surface area (Å²) in [6.45, 7) is 0. The van der Waals surface area contributed by atoms with Crippen molar-refractivity contribution >= 4 is 56.8 Å². The third-order valence-electron chi connectivity index (χ3n) is 3.35. The predicted molar refractivity (Wildman–Crippen MR) is 106 cm³/mol. The van der Waals surface area contributed by atoms with E-state index in [-0.39, 0.29) is 5.91 Å². The maximum absolute atomic E-state index is 12.0. The monoisotopic (exact) mass is 435 g/mol. The second kappa shape index (κ2) is 7.91. The Kier molecular flexibility index (Phi) is 5.63. The van der Waals surface area contributed by atoms with Gasteiger partial charge in [0, 0.05) is 21.1 Å². The summed E-state index contributed by atoms with van der Waals surface area (Å²) in [7, 11) is 0. The minimum Gasteiger partial charge on any atom is -0.457 e. The van der Waals surface area contributed by atoms with E-state index in [2.05, 4.69) is 21.2 Å². The van der Waals surface area contributed by atoms with Crippen LogP contribution in [-0.4, -0.2) is 5.91 Å². The zero-order valence-electron chi connectivity index (χ0n) is 12.8. The molecule has 0 atom stereocenters. The number of hydrogen-bond donors (Lipinski definition) is 1. The number of nitrogens with one attached hydrogen (secondary N) is 1. The molecule has 0 saturated heterocycles. The van der Waals surface area contributed by atoms with Crippen LogP contribution in [0.3, 0.4) is 0 Å². The number of carbonyl (C=O) groups excluding carboxylic acids is 1. The Morgan fingerprint density at radius 3 is 2.64 bits per heavy atom. The van der Waals surface area contributed by atoms with Gasteiger partial charge in [-0.15, -0.1) is 0 Å². The summed E-state index contributed by atoms with van der Waals surface area (Å²) in [5, 5.41) is 3.85. The van der Waals surface area contributed by atoms with Crippen molar-refractivity contribution in [2.24, 2.45) is 0 Å². The summed E-state index contributed by atoms with van der Waals surface area (Å²) in [4.78, 5) is 12.0. The molecule has 1 heterocycles. The molecule has 3 rings (SSSR count). The minimum absolute atomic E-state index is 0.255. The molecule has 3 nitrogen and oxygen atoms in total. The summed E-state index contributed by atoms with van der Waals surface area (Å²) in [6, 6.07) is 16.1. The standard InChI is InChI=1S/C19H12BrCl2NO2/c20-15-3-1-2-4-17(15)23-19(24)10-7-13-6-9-18(25-13)14-8-5-12(21)11-16(14)22/h1-11H,(H,23,24)/b10-7+. The van der Waals surface area contributed by atoms with Crippen LogP contribution in [0.5, 0.6) is 0 Å². The molecule has 3 aromatic rings. The number of rotatable bonds is 4. The van der Waals surface area contributed by atoms with Gasteiger partial charge < -0.3 is 9.73 Å². The van der Waals surface area contributed by atoms with Gasteiger partial charge in [0.2, 0.25) is 5.91 Å². The highest BCUT2D eigenvalue weighted by Gasteiger charge is 2.08. The number of anilines is 1. The molecule has 25 heavy (non-hydrogen) atoms. The summed E-state index contributed by atoms with van der Waals surface area (Å²) >= 11 is 15.5. The Balaban J connectivity index is 1.71. The van der Waals surface area contributed by atoms with Crippen LogP contribution in [0.15, 0.2) is 69.6 Å². The van der Waals surface area contributed by atoms with Gasteiger partial charge in [0.15, 0.2) is 0 Å². The van der Waals surface area contributed by atoms with Crippen molar-refractivity contribution in [1.29, 1.82) is 0 Å². The molecule has 0 aliphatic carbocycles. The fourth-order valence-corrected chi connectivity index (χ4v) is 3.06. The number of hydrogen-bond acceptors (Lipinski definition) is 2. The molecule has 126 valence electrons. The highest BCUT2D eigenvalue weighted by Crippen LogP contribution is 2.31. The van der Waals surface area contributed by atoms with Crippen molar-refractivity contribution in [1.82, 2.24) is 0 Å². The first-order valence-electron chi connectivity index (χ1n) is 7.32. The van der Waals surface area contributed by atoms with Crippen molar-refractivity contribution in [3.8, 4) is 11.3 Å². The molecule has 0 bridgehead atoms. The van der Waals surface area contributed by atoms with Gasteiger partial charge in [0.05, 0.1) is 10.7 Å². The third-order valence-corrected chi connectivity index (χ3v) is 4.59. The van der Waals surface area contributed by atoms with E-state index in [4.69, 9.17) is 27.6 Å². The Hall–Kier alpha value is -2.01. The van der Waals surface area contributed by atoms with Gasteiger partial charge in [0.25, 0.3) is 0 Å². The number of benzene rings is 2. The van der Waals surface area contributed by atoms with Gasteiger partial charge in [-0.1, -0.05) is 35.3 Å². The molecule has 2 aromatic carbocycles. The first-order chi connectivity index (χ1) is 12.0. The molecule has 1 N–H and O–H groups in total. The zero-order valence-corrected chi connectivity index (χ0v) is 15.9. The van der Waals surface area contributed by atoms with Crippen LogP contribution in [0, 0.1) is 0 Å². The van der Waals surface area contributed by atoms with E-state index in [0.717, 1.165) is 10.0 Å². The van der Waals surface area contributed by atoms with Crippen LogP contribution in [0.1, 0.15) is 5.76 Å². The molecular formula is C19H12BrCl2NO2. The SMILES string of the molecule is O=C(/C=C/c1ccc(-c2ccc(Cl)cc2Cl)o1)Nc1ccccc1Br. The third kappa shape index (κ3) is 4.54. The van der Waals surface area contributed by atoms with Crippen LogP contribution in [0.4, 0.5) is 5.69 Å². The van der Waals surface area contributed by atoms with Crippen molar-refractivity contribution in [2.75, 3.05) is 5.32 Å². The van der Waals surface area contributed by atoms with Crippen LogP contribution in [0.25, 0.3) is 17.4 Å². The van der Waals surface area contributed by atoms with Crippen molar-refractivity contribution in [2.45, 2.75) is 0 Å². The summed E-state index contributed by atoms with van der Waals surface area (Å²) < 4.78 is 6.53. The fourth-order valence-electron chi connectivity index (χ4n) is 2.17. The number of para-hydroxylation sites is 1. The van der Waals surface area contributed by atoms with E-state index in [9.17, 15) is 4.79 Å². The second-order valence-electron chi connectivity index (χ2n) is 5.13. The largest absolute Gasteiger partial charge is 0.457 e. The fraction of sp³-hybridized carbons (Fsp3) is 0. The van der Waals surface area contributed by atoms with Crippen molar-refractivity contribution in [3.63, 3.8) is 0 Å². The Labute approximate surface area is 163 Å². The first kappa shape index (κ1) is 17.8. The van der Waals surface area contributed by atoms with Gasteiger partial charge in [-0.25, -0.2) is 0 Å². The van der Waals surface area contributed by atoms with Gasteiger partial charge in [-0.05, 0) is 64.5 Å². The summed E-state index contributed by atoms with van der Waals surface area (Å²) in [5.74, 6) is 0.894. The van der Waals surface area contributed by atoms with E-state index >= 15 is 0 Å². The normalized spacial score (nSPS) is 11.0. The molecule has 0 aliphatic heterocycles. The molecule has 0 aliphatic rings. The molecule has 0 spiro atoms. The molecule has 6 heteroatoms. The maximum Gasteiger partial charge on any atom is 0.248 e. The van der Waals surface area contributed by atoms with Crippen LogP contribution in [0.2, 0.25) is 10.0 Å². The van der Waals surface area contributed by atoms with Crippen molar-refractivity contribution < 1.29 is 9.21 Å². The van der Waals surface area contributed by atoms with Gasteiger partial charge >= 0.3 is 0 Å². The summed E-state index contributed by atoms with van der Waals surface area (Å²) in [5.41, 5.74) is 1.44. The highest BCUT2D eigenvalue weighted by atomic mass is 79.9. The molecule has 0 fully saturated rings. The Bertz CT molecular complexity index is 950. The van der Waals surface area contributed by atoms with E-state index < -0.39 is 0 Å².